The Kier molecular flexibility index (Phi) is 5.05. The maximum Gasteiger partial charge on any atom is 0.146 e. The molecule has 0 aliphatic carbocycles. The first-order valence-electron chi connectivity index (χ1n) is 8.58. The topological polar surface area (TPSA) is 35.5 Å². The predicted octanol–water partition coefficient (Wildman–Crippen LogP) is 4.27. The van der Waals surface area contributed by atoms with E-state index in [9.17, 15) is 9.50 Å². The Balaban J connectivity index is 1.66. The molecule has 2 N–H and O–H groups in total. The molecule has 1 unspecified atom stereocenters. The molecule has 0 aromatic heterocycles. The number of aliphatic hydroxyl groups is 1. The minimum atomic E-state index is -0.217. The summed E-state index contributed by atoms with van der Waals surface area (Å²) < 4.78 is 14.0. The van der Waals surface area contributed by atoms with Gasteiger partial charge in [-0.1, -0.05) is 18.2 Å². The number of aliphatic hydroxyl groups excluding tert-OH is 1. The van der Waals surface area contributed by atoms with Crippen LogP contribution in [0, 0.1) is 12.7 Å². The van der Waals surface area contributed by atoms with E-state index in [1.807, 2.05) is 19.9 Å². The fourth-order valence-electron chi connectivity index (χ4n) is 3.15. The minimum absolute atomic E-state index is 0.0273. The summed E-state index contributed by atoms with van der Waals surface area (Å²) >= 11 is 0. The molecule has 2 aromatic rings. The van der Waals surface area contributed by atoms with Crippen LogP contribution in [0.3, 0.4) is 0 Å². The van der Waals surface area contributed by atoms with Crippen LogP contribution in [0.4, 0.5) is 15.8 Å². The molecule has 0 spiro atoms. The number of anilines is 2. The van der Waals surface area contributed by atoms with Crippen molar-refractivity contribution in [1.29, 1.82) is 0 Å². The van der Waals surface area contributed by atoms with E-state index >= 15 is 0 Å². The SMILES string of the molecule is Cc1ccc(NC(C)c2ccc(N3CCC(O)CC3)cc2)c(F)c1. The standard InChI is InChI=1S/C20H25FN2O/c1-14-3-8-20(19(21)13-14)22-15(2)16-4-6-17(7-5-16)23-11-9-18(24)10-12-23/h3-8,13,15,18,22,24H,9-12H2,1-2H3. The first kappa shape index (κ1) is 16.8. The number of benzene rings is 2. The highest BCUT2D eigenvalue weighted by Gasteiger charge is 2.17. The summed E-state index contributed by atoms with van der Waals surface area (Å²) in [5, 5.41) is 12.8. The van der Waals surface area contributed by atoms with Gasteiger partial charge in [-0.25, -0.2) is 4.39 Å². The summed E-state index contributed by atoms with van der Waals surface area (Å²) in [6.07, 6.45) is 1.49. The maximum atomic E-state index is 14.0. The van der Waals surface area contributed by atoms with Gasteiger partial charge < -0.3 is 15.3 Å². The van der Waals surface area contributed by atoms with Crippen molar-refractivity contribution in [2.45, 2.75) is 38.8 Å². The Bertz CT molecular complexity index is 679. The van der Waals surface area contributed by atoms with Gasteiger partial charge in [-0.15, -0.1) is 0 Å². The smallest absolute Gasteiger partial charge is 0.146 e. The lowest BCUT2D eigenvalue weighted by Gasteiger charge is -2.31. The molecule has 3 rings (SSSR count). The zero-order chi connectivity index (χ0) is 17.1. The van der Waals surface area contributed by atoms with Crippen LogP contribution in [-0.2, 0) is 0 Å². The van der Waals surface area contributed by atoms with Crippen LogP contribution in [0.25, 0.3) is 0 Å². The van der Waals surface area contributed by atoms with Crippen molar-refractivity contribution < 1.29 is 9.50 Å². The quantitative estimate of drug-likeness (QED) is 0.880. The Morgan fingerprint density at radius 2 is 1.79 bits per heavy atom. The second-order valence-corrected chi connectivity index (χ2v) is 6.66. The van der Waals surface area contributed by atoms with Crippen molar-refractivity contribution in [2.24, 2.45) is 0 Å². The summed E-state index contributed by atoms with van der Waals surface area (Å²) in [5.74, 6) is -0.217. The number of rotatable bonds is 4. The number of hydrogen-bond donors (Lipinski definition) is 2. The number of aryl methyl sites for hydroxylation is 1. The summed E-state index contributed by atoms with van der Waals surface area (Å²) in [6.45, 7) is 5.70. The van der Waals surface area contributed by atoms with Crippen LogP contribution in [0.2, 0.25) is 0 Å². The van der Waals surface area contributed by atoms with Crippen molar-refractivity contribution in [3.05, 3.63) is 59.4 Å². The predicted molar refractivity (Wildman–Crippen MR) is 97.1 cm³/mol. The molecule has 1 fully saturated rings. The highest BCUT2D eigenvalue weighted by Crippen LogP contribution is 2.25. The van der Waals surface area contributed by atoms with E-state index in [1.54, 1.807) is 12.1 Å². The molecule has 3 nitrogen and oxygen atoms in total. The molecule has 4 heteroatoms. The van der Waals surface area contributed by atoms with E-state index in [4.69, 9.17) is 0 Å². The zero-order valence-corrected chi connectivity index (χ0v) is 14.3. The van der Waals surface area contributed by atoms with Crippen LogP contribution >= 0.6 is 0 Å². The first-order valence-corrected chi connectivity index (χ1v) is 8.58. The Morgan fingerprint density at radius 1 is 1.12 bits per heavy atom. The van der Waals surface area contributed by atoms with Gasteiger partial charge in [-0.05, 0) is 62.1 Å². The molecule has 1 saturated heterocycles. The molecule has 0 saturated carbocycles. The van der Waals surface area contributed by atoms with E-state index in [-0.39, 0.29) is 18.0 Å². The van der Waals surface area contributed by atoms with Gasteiger partial charge in [-0.3, -0.25) is 0 Å². The summed E-state index contributed by atoms with van der Waals surface area (Å²) in [7, 11) is 0. The molecule has 1 atom stereocenters. The Labute approximate surface area is 143 Å². The summed E-state index contributed by atoms with van der Waals surface area (Å²) in [5.41, 5.74) is 3.75. The van der Waals surface area contributed by atoms with Crippen molar-refractivity contribution in [2.75, 3.05) is 23.3 Å². The van der Waals surface area contributed by atoms with Crippen molar-refractivity contribution >= 4 is 11.4 Å². The highest BCUT2D eigenvalue weighted by molar-refractivity contribution is 5.51. The lowest BCUT2D eigenvalue weighted by Crippen LogP contribution is -2.35. The van der Waals surface area contributed by atoms with Gasteiger partial charge in [0.2, 0.25) is 0 Å². The molecule has 0 bridgehead atoms. The molecule has 0 amide bonds. The van der Waals surface area contributed by atoms with E-state index in [2.05, 4.69) is 34.5 Å². The molecule has 0 radical (unpaired) electrons. The normalized spacial score (nSPS) is 16.9. The van der Waals surface area contributed by atoms with Crippen LogP contribution in [0.5, 0.6) is 0 Å². The lowest BCUT2D eigenvalue weighted by molar-refractivity contribution is 0.145. The molecule has 1 aliphatic heterocycles. The summed E-state index contributed by atoms with van der Waals surface area (Å²) in [4.78, 5) is 2.30. The summed E-state index contributed by atoms with van der Waals surface area (Å²) in [6, 6.07) is 13.7. The molecular weight excluding hydrogens is 303 g/mol. The van der Waals surface area contributed by atoms with E-state index in [0.717, 1.165) is 37.1 Å². The third-order valence-corrected chi connectivity index (χ3v) is 4.72. The monoisotopic (exact) mass is 328 g/mol. The molecule has 1 aliphatic rings. The number of nitrogens with zero attached hydrogens (tertiary/aromatic N) is 1. The largest absolute Gasteiger partial charge is 0.393 e. The van der Waals surface area contributed by atoms with Crippen LogP contribution in [0.15, 0.2) is 42.5 Å². The molecule has 1 heterocycles. The second kappa shape index (κ2) is 7.22. The molecular formula is C20H25FN2O. The van der Waals surface area contributed by atoms with Gasteiger partial charge >= 0.3 is 0 Å². The molecule has 128 valence electrons. The third kappa shape index (κ3) is 3.88. The number of piperidine rings is 1. The second-order valence-electron chi connectivity index (χ2n) is 6.66. The average Bonchev–Trinajstić information content (AvgIpc) is 2.58. The van der Waals surface area contributed by atoms with Crippen LogP contribution in [0.1, 0.15) is 36.9 Å². The van der Waals surface area contributed by atoms with Gasteiger partial charge in [-0.2, -0.15) is 0 Å². The Hall–Kier alpha value is -2.07. The minimum Gasteiger partial charge on any atom is -0.393 e. The van der Waals surface area contributed by atoms with Crippen molar-refractivity contribution in [3.63, 3.8) is 0 Å². The third-order valence-electron chi connectivity index (χ3n) is 4.72. The molecule has 2 aromatic carbocycles. The lowest BCUT2D eigenvalue weighted by atomic mass is 10.0. The fourth-order valence-corrected chi connectivity index (χ4v) is 3.15. The van der Waals surface area contributed by atoms with Gasteiger partial charge in [0.15, 0.2) is 0 Å². The van der Waals surface area contributed by atoms with Gasteiger partial charge in [0.25, 0.3) is 0 Å². The first-order chi connectivity index (χ1) is 11.5. The van der Waals surface area contributed by atoms with Gasteiger partial charge in [0.1, 0.15) is 5.82 Å². The zero-order valence-electron chi connectivity index (χ0n) is 14.3. The highest BCUT2D eigenvalue weighted by atomic mass is 19.1. The molecule has 24 heavy (non-hydrogen) atoms. The van der Waals surface area contributed by atoms with E-state index < -0.39 is 0 Å². The van der Waals surface area contributed by atoms with E-state index in [0.29, 0.717) is 5.69 Å². The van der Waals surface area contributed by atoms with Crippen LogP contribution in [-0.4, -0.2) is 24.3 Å². The average molecular weight is 328 g/mol. The Morgan fingerprint density at radius 3 is 2.42 bits per heavy atom. The fraction of sp³-hybridized carbons (Fsp3) is 0.400. The number of nitrogens with one attached hydrogen (secondary N) is 1. The van der Waals surface area contributed by atoms with Gasteiger partial charge in [0.05, 0.1) is 11.8 Å². The van der Waals surface area contributed by atoms with E-state index in [1.165, 1.54) is 5.69 Å². The van der Waals surface area contributed by atoms with Crippen LogP contribution < -0.4 is 10.2 Å². The van der Waals surface area contributed by atoms with Crippen molar-refractivity contribution in [1.82, 2.24) is 0 Å². The van der Waals surface area contributed by atoms with Gasteiger partial charge in [0, 0.05) is 24.8 Å². The number of halogens is 1. The van der Waals surface area contributed by atoms with Crippen molar-refractivity contribution in [3.8, 4) is 0 Å². The maximum absolute atomic E-state index is 14.0. The number of hydrogen-bond acceptors (Lipinski definition) is 3.